The molecule has 7 heteroatoms. The summed E-state index contributed by atoms with van der Waals surface area (Å²) in [6.07, 6.45) is 2.56. The van der Waals surface area contributed by atoms with Crippen LogP contribution in [0, 0.1) is 17.5 Å². The van der Waals surface area contributed by atoms with Crippen LogP contribution in [0.4, 0.5) is 24.7 Å². The molecule has 0 fully saturated rings. The maximum Gasteiger partial charge on any atom is 0.196 e. The molecule has 1 aromatic heterocycles. The Bertz CT molecular complexity index is 562. The Labute approximate surface area is 99.3 Å². The van der Waals surface area contributed by atoms with E-state index in [0.717, 1.165) is 12.1 Å². The number of nitrogens with one attached hydrogen (secondary N) is 1. The number of halogens is 4. The number of rotatable bonds is 2. The second kappa shape index (κ2) is 4.58. The fraction of sp³-hybridized carbons (Fsp3) is 0. The van der Waals surface area contributed by atoms with Crippen molar-refractivity contribution < 1.29 is 13.2 Å². The summed E-state index contributed by atoms with van der Waals surface area (Å²) < 4.78 is 38.9. The molecule has 0 bridgehead atoms. The Hall–Kier alpha value is -1.82. The predicted molar refractivity (Wildman–Crippen MR) is 56.6 cm³/mol. The maximum absolute atomic E-state index is 13.3. The SMILES string of the molecule is Fc1ccc(Nc2cncc(Cl)n2)c(F)c1F. The quantitative estimate of drug-likeness (QED) is 0.841. The largest absolute Gasteiger partial charge is 0.336 e. The lowest BCUT2D eigenvalue weighted by Gasteiger charge is -2.07. The van der Waals surface area contributed by atoms with Crippen LogP contribution in [0.15, 0.2) is 24.5 Å². The number of benzene rings is 1. The minimum Gasteiger partial charge on any atom is -0.336 e. The lowest BCUT2D eigenvalue weighted by molar-refractivity contribution is 0.449. The van der Waals surface area contributed by atoms with Crippen molar-refractivity contribution in [1.29, 1.82) is 0 Å². The van der Waals surface area contributed by atoms with Gasteiger partial charge in [-0.2, -0.15) is 0 Å². The van der Waals surface area contributed by atoms with Crippen LogP contribution in [0.5, 0.6) is 0 Å². The van der Waals surface area contributed by atoms with Gasteiger partial charge in [0, 0.05) is 0 Å². The highest BCUT2D eigenvalue weighted by Gasteiger charge is 2.13. The first kappa shape index (κ1) is 11.7. The second-order valence-corrected chi connectivity index (χ2v) is 3.46. The third-order valence-electron chi connectivity index (χ3n) is 1.90. The molecule has 0 amide bonds. The average Bonchev–Trinajstić information content (AvgIpc) is 2.30. The summed E-state index contributed by atoms with van der Waals surface area (Å²) in [4.78, 5) is 7.47. The molecule has 3 nitrogen and oxygen atoms in total. The third-order valence-corrected chi connectivity index (χ3v) is 2.09. The number of anilines is 2. The highest BCUT2D eigenvalue weighted by molar-refractivity contribution is 6.29. The van der Waals surface area contributed by atoms with Crippen molar-refractivity contribution in [3.63, 3.8) is 0 Å². The normalized spacial score (nSPS) is 10.4. The summed E-state index contributed by atoms with van der Waals surface area (Å²) in [7, 11) is 0. The van der Waals surface area contributed by atoms with E-state index in [2.05, 4.69) is 15.3 Å². The zero-order valence-corrected chi connectivity index (χ0v) is 8.97. The Morgan fingerprint density at radius 3 is 2.53 bits per heavy atom. The number of nitrogens with zero attached hydrogens (tertiary/aromatic N) is 2. The minimum atomic E-state index is -1.55. The second-order valence-electron chi connectivity index (χ2n) is 3.07. The fourth-order valence-electron chi connectivity index (χ4n) is 1.16. The number of hydrogen-bond acceptors (Lipinski definition) is 3. The Kier molecular flexibility index (Phi) is 3.14. The molecule has 1 heterocycles. The Morgan fingerprint density at radius 2 is 1.82 bits per heavy atom. The van der Waals surface area contributed by atoms with E-state index in [1.807, 2.05) is 0 Å². The van der Waals surface area contributed by atoms with Gasteiger partial charge < -0.3 is 5.32 Å². The van der Waals surface area contributed by atoms with E-state index in [-0.39, 0.29) is 16.7 Å². The monoisotopic (exact) mass is 259 g/mol. The molecule has 0 saturated carbocycles. The molecule has 0 atom stereocenters. The molecular formula is C10H5ClF3N3. The van der Waals surface area contributed by atoms with Gasteiger partial charge in [-0.1, -0.05) is 11.6 Å². The Balaban J connectivity index is 2.34. The van der Waals surface area contributed by atoms with Crippen molar-refractivity contribution in [3.05, 3.63) is 47.1 Å². The van der Waals surface area contributed by atoms with Crippen LogP contribution in [0.2, 0.25) is 5.15 Å². The molecule has 0 spiro atoms. The highest BCUT2D eigenvalue weighted by Crippen LogP contribution is 2.22. The zero-order chi connectivity index (χ0) is 12.4. The van der Waals surface area contributed by atoms with Crippen molar-refractivity contribution >= 4 is 23.1 Å². The molecule has 0 radical (unpaired) electrons. The zero-order valence-electron chi connectivity index (χ0n) is 8.22. The fourth-order valence-corrected chi connectivity index (χ4v) is 1.31. The maximum atomic E-state index is 13.3. The van der Waals surface area contributed by atoms with Crippen molar-refractivity contribution in [2.45, 2.75) is 0 Å². The van der Waals surface area contributed by atoms with E-state index in [0.29, 0.717) is 0 Å². The molecule has 0 aliphatic rings. The third kappa shape index (κ3) is 2.47. The van der Waals surface area contributed by atoms with Crippen LogP contribution in [0.1, 0.15) is 0 Å². The van der Waals surface area contributed by atoms with Gasteiger partial charge in [0.05, 0.1) is 18.1 Å². The minimum absolute atomic E-state index is 0.0954. The first-order valence-corrected chi connectivity index (χ1v) is 4.84. The standard InChI is InChI=1S/C10H5ClF3N3/c11-7-3-15-4-8(17-7)16-6-2-1-5(12)9(13)10(6)14/h1-4H,(H,16,17). The van der Waals surface area contributed by atoms with Crippen molar-refractivity contribution in [3.8, 4) is 0 Å². The summed E-state index contributed by atoms with van der Waals surface area (Å²) in [5, 5.41) is 2.54. The summed E-state index contributed by atoms with van der Waals surface area (Å²) >= 11 is 5.57. The molecule has 0 aliphatic heterocycles. The summed E-state index contributed by atoms with van der Waals surface area (Å²) in [6.45, 7) is 0. The molecule has 2 rings (SSSR count). The van der Waals surface area contributed by atoms with E-state index >= 15 is 0 Å². The lowest BCUT2D eigenvalue weighted by atomic mass is 10.3. The van der Waals surface area contributed by atoms with Gasteiger partial charge in [-0.15, -0.1) is 0 Å². The van der Waals surface area contributed by atoms with Crippen LogP contribution in [-0.4, -0.2) is 9.97 Å². The van der Waals surface area contributed by atoms with E-state index < -0.39 is 17.5 Å². The molecule has 2 aromatic rings. The summed E-state index contributed by atoms with van der Waals surface area (Å²) in [6, 6.07) is 1.86. The lowest BCUT2D eigenvalue weighted by Crippen LogP contribution is -2.00. The Morgan fingerprint density at radius 1 is 1.06 bits per heavy atom. The molecular weight excluding hydrogens is 255 g/mol. The van der Waals surface area contributed by atoms with Crippen molar-refractivity contribution in [1.82, 2.24) is 9.97 Å². The summed E-state index contributed by atoms with van der Waals surface area (Å²) in [5.41, 5.74) is -0.250. The van der Waals surface area contributed by atoms with Gasteiger partial charge in [0.2, 0.25) is 0 Å². The van der Waals surface area contributed by atoms with Gasteiger partial charge >= 0.3 is 0 Å². The highest BCUT2D eigenvalue weighted by atomic mass is 35.5. The summed E-state index contributed by atoms with van der Waals surface area (Å²) in [5.74, 6) is -4.01. The van der Waals surface area contributed by atoms with Gasteiger partial charge in [0.25, 0.3) is 0 Å². The van der Waals surface area contributed by atoms with E-state index in [9.17, 15) is 13.2 Å². The molecule has 0 unspecified atom stereocenters. The molecule has 17 heavy (non-hydrogen) atoms. The number of aromatic nitrogens is 2. The molecule has 88 valence electrons. The van der Waals surface area contributed by atoms with Crippen LogP contribution < -0.4 is 5.32 Å². The molecule has 1 N–H and O–H groups in total. The van der Waals surface area contributed by atoms with Gasteiger partial charge in [0.15, 0.2) is 23.3 Å². The van der Waals surface area contributed by atoms with E-state index in [4.69, 9.17) is 11.6 Å². The van der Waals surface area contributed by atoms with Crippen molar-refractivity contribution in [2.24, 2.45) is 0 Å². The van der Waals surface area contributed by atoms with Crippen LogP contribution in [0.25, 0.3) is 0 Å². The first-order chi connectivity index (χ1) is 8.08. The van der Waals surface area contributed by atoms with Gasteiger partial charge in [-0.25, -0.2) is 18.2 Å². The predicted octanol–water partition coefficient (Wildman–Crippen LogP) is 3.29. The van der Waals surface area contributed by atoms with E-state index in [1.165, 1.54) is 12.4 Å². The van der Waals surface area contributed by atoms with Crippen LogP contribution in [-0.2, 0) is 0 Å². The van der Waals surface area contributed by atoms with Gasteiger partial charge in [-0.3, -0.25) is 4.98 Å². The first-order valence-electron chi connectivity index (χ1n) is 4.46. The van der Waals surface area contributed by atoms with Crippen LogP contribution in [0.3, 0.4) is 0 Å². The molecule has 0 aliphatic carbocycles. The molecule has 0 saturated heterocycles. The molecule has 1 aromatic carbocycles. The van der Waals surface area contributed by atoms with Crippen molar-refractivity contribution in [2.75, 3.05) is 5.32 Å². The van der Waals surface area contributed by atoms with Gasteiger partial charge in [-0.05, 0) is 12.1 Å². The smallest absolute Gasteiger partial charge is 0.196 e. The van der Waals surface area contributed by atoms with E-state index in [1.54, 1.807) is 0 Å². The number of hydrogen-bond donors (Lipinski definition) is 1. The average molecular weight is 260 g/mol. The van der Waals surface area contributed by atoms with Crippen LogP contribution >= 0.6 is 11.6 Å². The topological polar surface area (TPSA) is 37.8 Å². The van der Waals surface area contributed by atoms with Gasteiger partial charge in [0.1, 0.15) is 5.15 Å².